The lowest BCUT2D eigenvalue weighted by Crippen LogP contribution is -2.24. The summed E-state index contributed by atoms with van der Waals surface area (Å²) in [6, 6.07) is 17.9. The lowest BCUT2D eigenvalue weighted by molar-refractivity contribution is 0.450. The minimum absolute atomic E-state index is 0. The second-order valence-corrected chi connectivity index (χ2v) is 10.3. The summed E-state index contributed by atoms with van der Waals surface area (Å²) in [5, 5.41) is 0. The fourth-order valence-corrected chi connectivity index (χ4v) is 6.70. The zero-order valence-corrected chi connectivity index (χ0v) is 20.5. The van der Waals surface area contributed by atoms with E-state index in [1.165, 1.54) is 65.5 Å². The zero-order chi connectivity index (χ0) is 23.0. The van der Waals surface area contributed by atoms with E-state index in [9.17, 15) is 0 Å². The highest BCUT2D eigenvalue weighted by Crippen LogP contribution is 2.69. The van der Waals surface area contributed by atoms with Crippen LogP contribution in [0.2, 0.25) is 0 Å². The zero-order valence-electron chi connectivity index (χ0n) is 20.5. The molecule has 0 N–H and O–H groups in total. The minimum atomic E-state index is 0. The van der Waals surface area contributed by atoms with Crippen LogP contribution in [0, 0.1) is 29.1 Å². The SMILES string of the molecule is C.C=Cc1ccccc1C1=CC(C2Cc3ccccc3C(C)C2)=C(C#CC)C2(CCCC)CC12. The maximum Gasteiger partial charge on any atom is 0.0123 e. The molecule has 2 aromatic carbocycles. The Labute approximate surface area is 207 Å². The van der Waals surface area contributed by atoms with Crippen LogP contribution in [0.3, 0.4) is 0 Å². The first kappa shape index (κ1) is 24.3. The molecule has 0 spiro atoms. The average Bonchev–Trinajstić information content (AvgIpc) is 3.59. The molecule has 4 unspecified atom stereocenters. The monoisotopic (exact) mass is 448 g/mol. The smallest absolute Gasteiger partial charge is 0.0123 e. The lowest BCUT2D eigenvalue weighted by atomic mass is 9.68. The minimum Gasteiger partial charge on any atom is -0.102 e. The quantitative estimate of drug-likeness (QED) is 0.386. The summed E-state index contributed by atoms with van der Waals surface area (Å²) in [7, 11) is 0. The molecule has 176 valence electrons. The van der Waals surface area contributed by atoms with Crippen LogP contribution in [-0.4, -0.2) is 0 Å². The number of hydrogen-bond acceptors (Lipinski definition) is 0. The molecule has 0 heteroatoms. The number of allylic oxidation sites excluding steroid dienone is 4. The van der Waals surface area contributed by atoms with Crippen LogP contribution in [0.15, 0.2) is 72.3 Å². The largest absolute Gasteiger partial charge is 0.102 e. The second kappa shape index (κ2) is 9.84. The maximum absolute atomic E-state index is 4.12. The molecule has 3 aliphatic carbocycles. The van der Waals surface area contributed by atoms with Crippen molar-refractivity contribution in [3.05, 3.63) is 94.6 Å². The van der Waals surface area contributed by atoms with E-state index in [0.29, 0.717) is 17.8 Å². The molecule has 0 nitrogen and oxygen atoms in total. The van der Waals surface area contributed by atoms with E-state index in [0.717, 1.165) is 6.42 Å². The molecule has 2 aromatic rings. The second-order valence-electron chi connectivity index (χ2n) is 10.3. The Morgan fingerprint density at radius 2 is 1.88 bits per heavy atom. The molecule has 0 bridgehead atoms. The highest BCUT2D eigenvalue weighted by Gasteiger charge is 2.60. The van der Waals surface area contributed by atoms with Crippen molar-refractivity contribution in [2.75, 3.05) is 0 Å². The topological polar surface area (TPSA) is 0 Å². The Kier molecular flexibility index (Phi) is 7.04. The molecular formula is C34H40. The van der Waals surface area contributed by atoms with Gasteiger partial charge in [0.15, 0.2) is 0 Å². The Morgan fingerprint density at radius 1 is 1.12 bits per heavy atom. The summed E-state index contributed by atoms with van der Waals surface area (Å²) < 4.78 is 0. The Morgan fingerprint density at radius 3 is 2.65 bits per heavy atom. The third-order valence-electron chi connectivity index (χ3n) is 8.40. The highest BCUT2D eigenvalue weighted by atomic mass is 14.6. The van der Waals surface area contributed by atoms with Gasteiger partial charge in [0.05, 0.1) is 0 Å². The number of rotatable bonds is 6. The molecule has 0 radical (unpaired) electrons. The first-order chi connectivity index (χ1) is 16.1. The van der Waals surface area contributed by atoms with Crippen molar-refractivity contribution in [1.82, 2.24) is 0 Å². The molecule has 1 saturated carbocycles. The summed E-state index contributed by atoms with van der Waals surface area (Å²) in [5.41, 5.74) is 10.5. The molecule has 0 heterocycles. The first-order valence-corrected chi connectivity index (χ1v) is 12.8. The van der Waals surface area contributed by atoms with Gasteiger partial charge in [-0.3, -0.25) is 0 Å². The van der Waals surface area contributed by atoms with E-state index in [1.807, 2.05) is 13.0 Å². The van der Waals surface area contributed by atoms with Gasteiger partial charge >= 0.3 is 0 Å². The van der Waals surface area contributed by atoms with Gasteiger partial charge in [-0.2, -0.15) is 0 Å². The fraction of sp³-hybridized carbons (Fsp3) is 0.412. The van der Waals surface area contributed by atoms with Crippen molar-refractivity contribution in [3.8, 4) is 11.8 Å². The third kappa shape index (κ3) is 4.01. The van der Waals surface area contributed by atoms with Crippen LogP contribution < -0.4 is 0 Å². The molecule has 1 fully saturated rings. The van der Waals surface area contributed by atoms with Crippen LogP contribution in [0.1, 0.15) is 88.5 Å². The van der Waals surface area contributed by atoms with E-state index in [4.69, 9.17) is 0 Å². The highest BCUT2D eigenvalue weighted by molar-refractivity contribution is 5.83. The Balaban J connectivity index is 0.00000274. The van der Waals surface area contributed by atoms with Crippen molar-refractivity contribution in [1.29, 1.82) is 0 Å². The predicted molar refractivity (Wildman–Crippen MR) is 148 cm³/mol. The molecule has 0 amide bonds. The van der Waals surface area contributed by atoms with Crippen LogP contribution in [0.5, 0.6) is 0 Å². The molecule has 5 rings (SSSR count). The molecular weight excluding hydrogens is 408 g/mol. The summed E-state index contributed by atoms with van der Waals surface area (Å²) >= 11 is 0. The number of benzene rings is 2. The molecule has 34 heavy (non-hydrogen) atoms. The standard InChI is InChI=1S/C33H36.CH4/c1-5-8-18-33-22-32(33)30(28-17-12-9-14-24(28)7-3)21-29(31(33)13-6-2)26-19-23(4)27-16-11-10-15-25(27)20-26;/h7,9-12,14-17,21,23,26,32H,3,5,8,18-20,22H2,1-2,4H3;1H4. The number of unbranched alkanes of at least 4 members (excludes halogenated alkanes) is 1. The van der Waals surface area contributed by atoms with Gasteiger partial charge in [-0.25, -0.2) is 0 Å². The summed E-state index contributed by atoms with van der Waals surface area (Å²) in [6.45, 7) is 10.9. The van der Waals surface area contributed by atoms with Crippen LogP contribution in [0.25, 0.3) is 11.6 Å². The Hall–Kier alpha value is -2.78. The van der Waals surface area contributed by atoms with Crippen LogP contribution in [0.4, 0.5) is 0 Å². The van der Waals surface area contributed by atoms with Crippen LogP contribution >= 0.6 is 0 Å². The predicted octanol–water partition coefficient (Wildman–Crippen LogP) is 9.25. The van der Waals surface area contributed by atoms with E-state index < -0.39 is 0 Å². The van der Waals surface area contributed by atoms with E-state index in [2.05, 4.69) is 86.9 Å². The van der Waals surface area contributed by atoms with Crippen molar-refractivity contribution in [3.63, 3.8) is 0 Å². The van der Waals surface area contributed by atoms with Gasteiger partial charge in [-0.1, -0.05) is 107 Å². The van der Waals surface area contributed by atoms with Crippen molar-refractivity contribution < 1.29 is 0 Å². The summed E-state index contributed by atoms with van der Waals surface area (Å²) in [5.74, 6) is 8.72. The van der Waals surface area contributed by atoms with Gasteiger partial charge in [0.25, 0.3) is 0 Å². The third-order valence-corrected chi connectivity index (χ3v) is 8.40. The fourth-order valence-electron chi connectivity index (χ4n) is 6.70. The van der Waals surface area contributed by atoms with Gasteiger partial charge in [0.1, 0.15) is 0 Å². The maximum atomic E-state index is 4.12. The van der Waals surface area contributed by atoms with Crippen LogP contribution in [-0.2, 0) is 6.42 Å². The van der Waals surface area contributed by atoms with Gasteiger partial charge in [0, 0.05) is 11.0 Å². The molecule has 0 saturated heterocycles. The molecule has 0 aromatic heterocycles. The van der Waals surface area contributed by atoms with Gasteiger partial charge < -0.3 is 0 Å². The van der Waals surface area contributed by atoms with Crippen molar-refractivity contribution >= 4 is 11.6 Å². The van der Waals surface area contributed by atoms with Crippen molar-refractivity contribution in [2.45, 2.75) is 72.6 Å². The average molecular weight is 449 g/mol. The number of hydrogen-bond donors (Lipinski definition) is 0. The molecule has 0 aliphatic heterocycles. The summed E-state index contributed by atoms with van der Waals surface area (Å²) in [4.78, 5) is 0. The summed E-state index contributed by atoms with van der Waals surface area (Å²) in [6.07, 6.45) is 12.0. The van der Waals surface area contributed by atoms with E-state index in [1.54, 1.807) is 5.56 Å². The van der Waals surface area contributed by atoms with Gasteiger partial charge in [-0.15, -0.1) is 5.92 Å². The molecule has 4 atom stereocenters. The Bertz CT molecular complexity index is 1190. The van der Waals surface area contributed by atoms with E-state index >= 15 is 0 Å². The van der Waals surface area contributed by atoms with Crippen molar-refractivity contribution in [2.24, 2.45) is 17.3 Å². The number of fused-ring (bicyclic) bond motifs is 2. The first-order valence-electron chi connectivity index (χ1n) is 12.8. The molecule has 3 aliphatic rings. The van der Waals surface area contributed by atoms with Gasteiger partial charge in [-0.05, 0) is 83.8 Å². The van der Waals surface area contributed by atoms with E-state index in [-0.39, 0.29) is 12.8 Å². The normalized spacial score (nSPS) is 26.8. The lowest BCUT2D eigenvalue weighted by Gasteiger charge is -2.35. The van der Waals surface area contributed by atoms with Gasteiger partial charge in [0.2, 0.25) is 0 Å².